The standard InChI is InChI=1S/C19H16FN5O3/c1-10-22-14-8-12(4-7-17(14)28-10)23-19(27)15-9-16(18(21)26)25(24-15)13-5-2-11(20)3-6-13/h2-8,16H,9H2,1H3,(H2,21,26)(H,23,27)/t16-/m0/s1. The van der Waals surface area contributed by atoms with Gasteiger partial charge in [0, 0.05) is 19.0 Å². The number of hydrogen-bond donors (Lipinski definition) is 2. The highest BCUT2D eigenvalue weighted by atomic mass is 19.1. The Morgan fingerprint density at radius 1 is 1.25 bits per heavy atom. The summed E-state index contributed by atoms with van der Waals surface area (Å²) in [5, 5.41) is 8.30. The van der Waals surface area contributed by atoms with Gasteiger partial charge >= 0.3 is 0 Å². The third-order valence-electron chi connectivity index (χ3n) is 4.34. The van der Waals surface area contributed by atoms with Crippen molar-refractivity contribution in [1.82, 2.24) is 4.98 Å². The van der Waals surface area contributed by atoms with Crippen molar-refractivity contribution in [3.63, 3.8) is 0 Å². The number of nitrogens with zero attached hydrogens (tertiary/aromatic N) is 3. The Morgan fingerprint density at radius 3 is 2.71 bits per heavy atom. The number of oxazole rings is 1. The van der Waals surface area contributed by atoms with Crippen LogP contribution in [0.2, 0.25) is 0 Å². The van der Waals surface area contributed by atoms with Gasteiger partial charge in [0.1, 0.15) is 23.1 Å². The maximum Gasteiger partial charge on any atom is 0.271 e. The number of nitrogens with one attached hydrogen (secondary N) is 1. The first-order chi connectivity index (χ1) is 13.4. The zero-order valence-electron chi connectivity index (χ0n) is 14.8. The maximum atomic E-state index is 13.2. The van der Waals surface area contributed by atoms with Crippen LogP contribution in [0.3, 0.4) is 0 Å². The van der Waals surface area contributed by atoms with Gasteiger partial charge in [0.25, 0.3) is 5.91 Å². The topological polar surface area (TPSA) is 114 Å². The fourth-order valence-electron chi connectivity index (χ4n) is 3.02. The quantitative estimate of drug-likeness (QED) is 0.720. The van der Waals surface area contributed by atoms with Crippen LogP contribution in [0.4, 0.5) is 15.8 Å². The number of aromatic nitrogens is 1. The summed E-state index contributed by atoms with van der Waals surface area (Å²) in [4.78, 5) is 28.7. The van der Waals surface area contributed by atoms with Gasteiger partial charge in [-0.25, -0.2) is 9.37 Å². The minimum absolute atomic E-state index is 0.0455. The largest absolute Gasteiger partial charge is 0.441 e. The Balaban J connectivity index is 1.57. The lowest BCUT2D eigenvalue weighted by atomic mass is 10.1. The van der Waals surface area contributed by atoms with Crippen LogP contribution in [-0.4, -0.2) is 28.6 Å². The van der Waals surface area contributed by atoms with Crippen LogP contribution in [-0.2, 0) is 9.59 Å². The molecule has 4 rings (SSSR count). The van der Waals surface area contributed by atoms with Crippen LogP contribution in [0.5, 0.6) is 0 Å². The number of rotatable bonds is 4. The van der Waals surface area contributed by atoms with Crippen LogP contribution in [0.1, 0.15) is 12.3 Å². The van der Waals surface area contributed by atoms with Gasteiger partial charge in [-0.05, 0) is 42.5 Å². The average molecular weight is 381 g/mol. The number of primary amides is 1. The van der Waals surface area contributed by atoms with E-state index in [1.54, 1.807) is 25.1 Å². The normalized spacial score (nSPS) is 16.3. The molecule has 0 radical (unpaired) electrons. The third kappa shape index (κ3) is 3.29. The molecule has 0 spiro atoms. The lowest BCUT2D eigenvalue weighted by Crippen LogP contribution is -2.39. The fourth-order valence-corrected chi connectivity index (χ4v) is 3.02. The molecule has 0 saturated heterocycles. The number of hydrogen-bond acceptors (Lipinski definition) is 6. The molecule has 2 aromatic carbocycles. The number of aryl methyl sites for hydroxylation is 1. The molecule has 1 aromatic heterocycles. The number of carbonyl (C=O) groups is 2. The lowest BCUT2D eigenvalue weighted by molar-refractivity contribution is -0.119. The molecule has 9 heteroatoms. The number of anilines is 2. The van der Waals surface area contributed by atoms with Crippen molar-refractivity contribution in [2.24, 2.45) is 10.8 Å². The third-order valence-corrected chi connectivity index (χ3v) is 4.34. The first kappa shape index (κ1) is 17.7. The van der Waals surface area contributed by atoms with Gasteiger partial charge in [-0.1, -0.05) is 0 Å². The molecule has 1 aliphatic rings. The molecule has 2 heterocycles. The number of halogens is 1. The summed E-state index contributed by atoms with van der Waals surface area (Å²) < 4.78 is 18.6. The SMILES string of the molecule is Cc1nc2cc(NC(=O)C3=NN(c4ccc(F)cc4)[C@H](C(N)=O)C3)ccc2o1. The molecule has 1 atom stereocenters. The molecule has 142 valence electrons. The highest BCUT2D eigenvalue weighted by molar-refractivity contribution is 6.44. The van der Waals surface area contributed by atoms with Crippen LogP contribution in [0, 0.1) is 12.7 Å². The maximum absolute atomic E-state index is 13.2. The van der Waals surface area contributed by atoms with E-state index in [1.165, 1.54) is 29.3 Å². The molecule has 8 nitrogen and oxygen atoms in total. The molecule has 3 N–H and O–H groups in total. The minimum Gasteiger partial charge on any atom is -0.441 e. The summed E-state index contributed by atoms with van der Waals surface area (Å²) >= 11 is 0. The van der Waals surface area contributed by atoms with Crippen LogP contribution in [0.25, 0.3) is 11.1 Å². The minimum atomic E-state index is -0.827. The van der Waals surface area contributed by atoms with Crippen molar-refractivity contribution in [3.8, 4) is 0 Å². The van der Waals surface area contributed by atoms with Crippen molar-refractivity contribution in [3.05, 3.63) is 54.2 Å². The van der Waals surface area contributed by atoms with E-state index in [-0.39, 0.29) is 12.1 Å². The molecule has 0 aliphatic carbocycles. The predicted molar refractivity (Wildman–Crippen MR) is 101 cm³/mol. The predicted octanol–water partition coefficient (Wildman–Crippen LogP) is 2.33. The highest BCUT2D eigenvalue weighted by Gasteiger charge is 2.35. The number of amides is 2. The second-order valence-corrected chi connectivity index (χ2v) is 6.36. The fraction of sp³-hybridized carbons (Fsp3) is 0.158. The van der Waals surface area contributed by atoms with Gasteiger partial charge in [0.05, 0.1) is 5.69 Å². The zero-order chi connectivity index (χ0) is 19.8. The monoisotopic (exact) mass is 381 g/mol. The van der Waals surface area contributed by atoms with Crippen LogP contribution < -0.4 is 16.1 Å². The summed E-state index contributed by atoms with van der Waals surface area (Å²) in [7, 11) is 0. The Bertz CT molecular complexity index is 1110. The van der Waals surface area contributed by atoms with Gasteiger partial charge in [-0.15, -0.1) is 0 Å². The second-order valence-electron chi connectivity index (χ2n) is 6.36. The molecule has 0 bridgehead atoms. The molecule has 2 amide bonds. The molecule has 28 heavy (non-hydrogen) atoms. The van der Waals surface area contributed by atoms with Crippen molar-refractivity contribution in [2.75, 3.05) is 10.3 Å². The summed E-state index contributed by atoms with van der Waals surface area (Å²) in [5.74, 6) is -0.984. The van der Waals surface area contributed by atoms with E-state index in [1.807, 2.05) is 0 Å². The van der Waals surface area contributed by atoms with Crippen molar-refractivity contribution >= 4 is 40.0 Å². The smallest absolute Gasteiger partial charge is 0.271 e. The zero-order valence-corrected chi connectivity index (χ0v) is 14.8. The molecular formula is C19H16FN5O3. The molecule has 0 fully saturated rings. The number of nitrogens with two attached hydrogens (primary N) is 1. The van der Waals surface area contributed by atoms with E-state index in [0.717, 1.165) is 0 Å². The number of hydrazone groups is 1. The van der Waals surface area contributed by atoms with Gasteiger partial charge in [0.15, 0.2) is 11.5 Å². The first-order valence-electron chi connectivity index (χ1n) is 8.51. The van der Waals surface area contributed by atoms with Crippen LogP contribution in [0.15, 0.2) is 52.0 Å². The number of fused-ring (bicyclic) bond motifs is 1. The van der Waals surface area contributed by atoms with E-state index in [2.05, 4.69) is 15.4 Å². The summed E-state index contributed by atoms with van der Waals surface area (Å²) in [6.07, 6.45) is 0.0455. The first-order valence-corrected chi connectivity index (χ1v) is 8.51. The van der Waals surface area contributed by atoms with E-state index in [9.17, 15) is 14.0 Å². The Labute approximate surface area is 158 Å². The molecule has 0 saturated carbocycles. The summed E-state index contributed by atoms with van der Waals surface area (Å²) in [6, 6.07) is 9.68. The van der Waals surface area contributed by atoms with Crippen molar-refractivity contribution in [2.45, 2.75) is 19.4 Å². The van der Waals surface area contributed by atoms with Crippen molar-refractivity contribution in [1.29, 1.82) is 0 Å². The molecule has 0 unspecified atom stereocenters. The average Bonchev–Trinajstić information content (AvgIpc) is 3.25. The number of carbonyl (C=O) groups excluding carboxylic acids is 2. The number of benzene rings is 2. The Hall–Kier alpha value is -3.75. The Morgan fingerprint density at radius 2 is 2.00 bits per heavy atom. The lowest BCUT2D eigenvalue weighted by Gasteiger charge is -2.20. The Kier molecular flexibility index (Phi) is 4.26. The van der Waals surface area contributed by atoms with Gasteiger partial charge in [0.2, 0.25) is 5.91 Å². The van der Waals surface area contributed by atoms with Gasteiger partial charge in [-0.2, -0.15) is 5.10 Å². The van der Waals surface area contributed by atoms with E-state index in [4.69, 9.17) is 10.2 Å². The molecule has 1 aliphatic heterocycles. The van der Waals surface area contributed by atoms with Crippen LogP contribution >= 0.6 is 0 Å². The summed E-state index contributed by atoms with van der Waals surface area (Å²) in [6.45, 7) is 1.74. The van der Waals surface area contributed by atoms with Gasteiger partial charge < -0.3 is 15.5 Å². The van der Waals surface area contributed by atoms with E-state index in [0.29, 0.717) is 28.4 Å². The second kappa shape index (κ2) is 6.76. The molecule has 3 aromatic rings. The van der Waals surface area contributed by atoms with Crippen molar-refractivity contribution < 1.29 is 18.4 Å². The molecular weight excluding hydrogens is 365 g/mol. The van der Waals surface area contributed by atoms with E-state index >= 15 is 0 Å². The van der Waals surface area contributed by atoms with E-state index < -0.39 is 23.7 Å². The highest BCUT2D eigenvalue weighted by Crippen LogP contribution is 2.26. The summed E-state index contributed by atoms with van der Waals surface area (Å²) in [5.41, 5.74) is 7.82. The van der Waals surface area contributed by atoms with Gasteiger partial charge in [-0.3, -0.25) is 14.6 Å².